The van der Waals surface area contributed by atoms with Crippen molar-refractivity contribution >= 4 is 38.9 Å². The Morgan fingerprint density at radius 2 is 1.65 bits per heavy atom. The third-order valence-electron chi connectivity index (χ3n) is 6.14. The molecule has 0 bridgehead atoms. The number of para-hydroxylation sites is 1. The summed E-state index contributed by atoms with van der Waals surface area (Å²) in [4.78, 5) is 12.7. The fourth-order valence-electron chi connectivity index (χ4n) is 4.51. The van der Waals surface area contributed by atoms with Crippen molar-refractivity contribution in [2.24, 2.45) is 0 Å². The first-order chi connectivity index (χ1) is 16.6. The maximum atomic E-state index is 12.7. The van der Waals surface area contributed by atoms with Gasteiger partial charge in [-0.25, -0.2) is 0 Å². The van der Waals surface area contributed by atoms with Gasteiger partial charge in [-0.1, -0.05) is 60.7 Å². The first kappa shape index (κ1) is 21.5. The molecule has 4 heteroatoms. The van der Waals surface area contributed by atoms with Crippen LogP contribution < -0.4 is 10.1 Å². The Morgan fingerprint density at radius 3 is 2.44 bits per heavy atom. The monoisotopic (exact) mass is 447 g/mol. The molecule has 0 fully saturated rings. The molecule has 168 valence electrons. The van der Waals surface area contributed by atoms with Crippen LogP contribution in [0.2, 0.25) is 0 Å². The van der Waals surface area contributed by atoms with Gasteiger partial charge in [-0.05, 0) is 54.0 Å². The number of carbonyl (C=O) groups is 1. The third-order valence-corrected chi connectivity index (χ3v) is 6.14. The molecule has 0 unspecified atom stereocenters. The number of fused-ring (bicyclic) bond motifs is 2. The van der Waals surface area contributed by atoms with Crippen LogP contribution >= 0.6 is 0 Å². The molecule has 0 aliphatic carbocycles. The number of carbonyl (C=O) groups excluding carboxylic acids is 1. The van der Waals surface area contributed by atoms with E-state index >= 15 is 0 Å². The largest absolute Gasteiger partial charge is 0.496 e. The van der Waals surface area contributed by atoms with E-state index in [1.54, 1.807) is 13.2 Å². The fourth-order valence-corrected chi connectivity index (χ4v) is 4.51. The molecule has 5 rings (SSSR count). The molecule has 0 aliphatic rings. The second-order valence-corrected chi connectivity index (χ2v) is 8.32. The summed E-state index contributed by atoms with van der Waals surface area (Å²) in [6.45, 7) is 3.91. The van der Waals surface area contributed by atoms with Crippen molar-refractivity contribution in [1.29, 1.82) is 0 Å². The average molecular weight is 448 g/mol. The summed E-state index contributed by atoms with van der Waals surface area (Å²) in [5, 5.41) is 6.24. The molecule has 5 aromatic rings. The summed E-state index contributed by atoms with van der Waals surface area (Å²) in [7, 11) is 1.64. The minimum Gasteiger partial charge on any atom is -0.496 e. The van der Waals surface area contributed by atoms with Crippen LogP contribution in [0.5, 0.6) is 5.75 Å². The number of hydrogen-bond donors (Lipinski definition) is 1. The zero-order valence-electron chi connectivity index (χ0n) is 19.4. The molecule has 0 radical (unpaired) electrons. The topological polar surface area (TPSA) is 51.5 Å². The zero-order chi connectivity index (χ0) is 23.7. The highest BCUT2D eigenvalue weighted by molar-refractivity contribution is 6.08. The summed E-state index contributed by atoms with van der Waals surface area (Å²) >= 11 is 0. The Bertz CT molecular complexity index is 1540. The van der Waals surface area contributed by atoms with Crippen LogP contribution in [0.25, 0.3) is 38.4 Å². The molecule has 0 aliphatic heterocycles. The third kappa shape index (κ3) is 3.84. The highest BCUT2D eigenvalue weighted by Gasteiger charge is 2.19. The number of ether oxygens (including phenoxy) is 1. The average Bonchev–Trinajstić information content (AvgIpc) is 3.28. The number of allylic oxidation sites excluding steroid dienone is 1. The minimum absolute atomic E-state index is 0.190. The lowest BCUT2D eigenvalue weighted by atomic mass is 9.94. The predicted molar refractivity (Wildman–Crippen MR) is 139 cm³/mol. The number of furan rings is 1. The second kappa shape index (κ2) is 8.91. The van der Waals surface area contributed by atoms with E-state index in [0.717, 1.165) is 49.9 Å². The van der Waals surface area contributed by atoms with Crippen LogP contribution in [0.4, 0.5) is 5.69 Å². The molecule has 4 aromatic carbocycles. The summed E-state index contributed by atoms with van der Waals surface area (Å²) < 4.78 is 11.8. The highest BCUT2D eigenvalue weighted by Crippen LogP contribution is 2.42. The number of hydrogen-bond acceptors (Lipinski definition) is 3. The van der Waals surface area contributed by atoms with E-state index in [1.165, 1.54) is 5.39 Å². The van der Waals surface area contributed by atoms with Gasteiger partial charge in [-0.15, -0.1) is 0 Å². The van der Waals surface area contributed by atoms with Crippen LogP contribution in [0.1, 0.15) is 18.1 Å². The molecule has 1 N–H and O–H groups in total. The van der Waals surface area contributed by atoms with Crippen molar-refractivity contribution in [2.45, 2.75) is 13.8 Å². The van der Waals surface area contributed by atoms with Gasteiger partial charge < -0.3 is 14.5 Å². The van der Waals surface area contributed by atoms with Gasteiger partial charge in [0.25, 0.3) is 0 Å². The van der Waals surface area contributed by atoms with Gasteiger partial charge in [0.2, 0.25) is 5.91 Å². The van der Waals surface area contributed by atoms with Gasteiger partial charge in [0, 0.05) is 33.8 Å². The lowest BCUT2D eigenvalue weighted by molar-refractivity contribution is -0.111. The standard InChI is InChI=1S/C30H25NO3/c1-19(16-28(32)31-22-12-5-4-6-13-22)25-17-26-27(18-34-30(26)20(2)29(25)33-3)24-15-9-11-21-10-7-8-14-23(21)24/h4-18H,1-3H3,(H,31,32)/b19-16+. The first-order valence-corrected chi connectivity index (χ1v) is 11.2. The summed E-state index contributed by atoms with van der Waals surface area (Å²) in [5.41, 5.74) is 6.22. The molecule has 0 saturated heterocycles. The van der Waals surface area contributed by atoms with Gasteiger partial charge in [-0.2, -0.15) is 0 Å². The SMILES string of the molecule is COc1c(/C(C)=C/C(=O)Nc2ccccc2)cc2c(-c3cccc4ccccc34)coc2c1C. The summed E-state index contributed by atoms with van der Waals surface area (Å²) in [6, 6.07) is 26.1. The van der Waals surface area contributed by atoms with Crippen LogP contribution in [0.3, 0.4) is 0 Å². The van der Waals surface area contributed by atoms with Gasteiger partial charge in [0.15, 0.2) is 0 Å². The van der Waals surface area contributed by atoms with Crippen molar-refractivity contribution in [3.05, 3.63) is 102 Å². The zero-order valence-corrected chi connectivity index (χ0v) is 19.4. The lowest BCUT2D eigenvalue weighted by Gasteiger charge is -2.14. The number of amides is 1. The summed E-state index contributed by atoms with van der Waals surface area (Å²) in [6.07, 6.45) is 3.41. The normalized spacial score (nSPS) is 11.7. The van der Waals surface area contributed by atoms with Crippen molar-refractivity contribution < 1.29 is 13.9 Å². The number of aryl methyl sites for hydroxylation is 1. The Morgan fingerprint density at radius 1 is 0.912 bits per heavy atom. The Kier molecular flexibility index (Phi) is 5.64. The first-order valence-electron chi connectivity index (χ1n) is 11.2. The number of rotatable bonds is 5. The van der Waals surface area contributed by atoms with Crippen molar-refractivity contribution in [1.82, 2.24) is 0 Å². The van der Waals surface area contributed by atoms with Gasteiger partial charge in [0.1, 0.15) is 11.3 Å². The van der Waals surface area contributed by atoms with Crippen LogP contribution in [-0.4, -0.2) is 13.0 Å². The van der Waals surface area contributed by atoms with E-state index in [0.29, 0.717) is 5.75 Å². The maximum absolute atomic E-state index is 12.7. The molecule has 1 heterocycles. The molecular weight excluding hydrogens is 422 g/mol. The van der Waals surface area contributed by atoms with E-state index in [-0.39, 0.29) is 5.91 Å². The van der Waals surface area contributed by atoms with E-state index in [9.17, 15) is 4.79 Å². The predicted octanol–water partition coefficient (Wildman–Crippen LogP) is 7.61. The lowest BCUT2D eigenvalue weighted by Crippen LogP contribution is -2.08. The van der Waals surface area contributed by atoms with E-state index in [1.807, 2.05) is 62.6 Å². The number of benzene rings is 4. The van der Waals surface area contributed by atoms with Gasteiger partial charge in [-0.3, -0.25) is 4.79 Å². The molecule has 1 aromatic heterocycles. The molecular formula is C30H25NO3. The summed E-state index contributed by atoms with van der Waals surface area (Å²) in [5.74, 6) is 0.512. The number of nitrogens with one attached hydrogen (secondary N) is 1. The van der Waals surface area contributed by atoms with E-state index < -0.39 is 0 Å². The maximum Gasteiger partial charge on any atom is 0.248 e. The van der Waals surface area contributed by atoms with Crippen molar-refractivity contribution in [3.8, 4) is 16.9 Å². The van der Waals surface area contributed by atoms with Crippen LogP contribution in [0.15, 0.2) is 95.6 Å². The highest BCUT2D eigenvalue weighted by atomic mass is 16.5. The molecule has 34 heavy (non-hydrogen) atoms. The van der Waals surface area contributed by atoms with Crippen LogP contribution in [0, 0.1) is 6.92 Å². The molecule has 0 spiro atoms. The fraction of sp³-hybridized carbons (Fsp3) is 0.100. The van der Waals surface area contributed by atoms with Gasteiger partial charge in [0.05, 0.1) is 13.4 Å². The Balaban J connectivity index is 1.63. The van der Waals surface area contributed by atoms with E-state index in [2.05, 4.69) is 41.7 Å². The number of anilines is 1. The molecule has 0 saturated carbocycles. The molecule has 1 amide bonds. The smallest absolute Gasteiger partial charge is 0.248 e. The quantitative estimate of drug-likeness (QED) is 0.282. The molecule has 4 nitrogen and oxygen atoms in total. The Hall–Kier alpha value is -4.31. The van der Waals surface area contributed by atoms with Gasteiger partial charge >= 0.3 is 0 Å². The molecule has 0 atom stereocenters. The van der Waals surface area contributed by atoms with Crippen molar-refractivity contribution in [3.63, 3.8) is 0 Å². The van der Waals surface area contributed by atoms with Crippen molar-refractivity contribution in [2.75, 3.05) is 12.4 Å². The van der Waals surface area contributed by atoms with E-state index in [4.69, 9.17) is 9.15 Å². The minimum atomic E-state index is -0.190. The van der Waals surface area contributed by atoms with Crippen LogP contribution in [-0.2, 0) is 4.79 Å². The number of methoxy groups -OCH3 is 1. The second-order valence-electron chi connectivity index (χ2n) is 8.32. The Labute approximate surface area is 198 Å².